The van der Waals surface area contributed by atoms with E-state index in [2.05, 4.69) is 15.9 Å². The first-order valence-electron chi connectivity index (χ1n) is 2.30. The summed E-state index contributed by atoms with van der Waals surface area (Å²) in [7, 11) is 0. The van der Waals surface area contributed by atoms with Gasteiger partial charge in [-0.2, -0.15) is 0 Å². The van der Waals surface area contributed by atoms with E-state index in [1.54, 1.807) is 0 Å². The Morgan fingerprint density at radius 2 is 1.88 bits per heavy atom. The normalized spacial score (nSPS) is 8.75. The Bertz CT molecular complexity index is 95.0. The van der Waals surface area contributed by atoms with Gasteiger partial charge < -0.3 is 4.79 Å². The second kappa shape index (κ2) is 3.78. The average molecular weight is 179 g/mol. The minimum atomic E-state index is -0.104. The molecule has 0 aromatic rings. The summed E-state index contributed by atoms with van der Waals surface area (Å²) in [6.07, 6.45) is 0.666. The maximum absolute atomic E-state index is 10.2. The van der Waals surface area contributed by atoms with E-state index >= 15 is 0 Å². The Balaban J connectivity index is 3.18. The lowest BCUT2D eigenvalue weighted by Gasteiger charge is -1.85. The van der Waals surface area contributed by atoms with Gasteiger partial charge >= 0.3 is 0 Å². The first kappa shape index (κ1) is 7.82. The number of halogens is 1. The molecule has 0 saturated heterocycles. The van der Waals surface area contributed by atoms with Crippen molar-refractivity contribution in [3.63, 3.8) is 0 Å². The molecule has 0 aromatic heterocycles. The molecule has 0 heterocycles. The molecule has 0 aliphatic carbocycles. The Kier molecular flexibility index (Phi) is 3.69. The van der Waals surface area contributed by atoms with Crippen molar-refractivity contribution in [3.05, 3.63) is 0 Å². The molecule has 0 fully saturated rings. The van der Waals surface area contributed by atoms with Crippen LogP contribution in [0.2, 0.25) is 0 Å². The highest BCUT2D eigenvalue weighted by molar-refractivity contribution is 9.18. The third kappa shape index (κ3) is 5.82. The standard InChI is InChI=1S/C5H7BrO2/c1-4(7)2-3-5(6)8/h2-3H2,1H3. The molecule has 0 saturated carbocycles. The summed E-state index contributed by atoms with van der Waals surface area (Å²) in [6.45, 7) is 1.47. The van der Waals surface area contributed by atoms with Crippen LogP contribution in [0.5, 0.6) is 0 Å². The van der Waals surface area contributed by atoms with Crippen LogP contribution in [-0.2, 0) is 9.59 Å². The van der Waals surface area contributed by atoms with Crippen LogP contribution in [0.4, 0.5) is 0 Å². The molecule has 8 heavy (non-hydrogen) atoms. The van der Waals surface area contributed by atoms with Crippen molar-refractivity contribution in [2.24, 2.45) is 0 Å². The summed E-state index contributed by atoms with van der Waals surface area (Å²) in [5.41, 5.74) is 0. The fourth-order valence-corrected chi connectivity index (χ4v) is 0.473. The quantitative estimate of drug-likeness (QED) is 0.611. The van der Waals surface area contributed by atoms with E-state index in [1.165, 1.54) is 6.92 Å². The van der Waals surface area contributed by atoms with Crippen molar-refractivity contribution >= 4 is 26.4 Å². The summed E-state index contributed by atoms with van der Waals surface area (Å²) < 4.78 is -0.104. The van der Waals surface area contributed by atoms with Gasteiger partial charge in [0.25, 0.3) is 0 Å². The van der Waals surface area contributed by atoms with Crippen LogP contribution in [0, 0.1) is 0 Å². The average Bonchev–Trinajstić information content (AvgIpc) is 1.61. The molecule has 0 radical (unpaired) electrons. The number of rotatable bonds is 3. The molecule has 0 amide bonds. The van der Waals surface area contributed by atoms with E-state index in [-0.39, 0.29) is 10.5 Å². The molecule has 0 aromatic carbocycles. The topological polar surface area (TPSA) is 34.1 Å². The maximum atomic E-state index is 10.2. The number of ketones is 1. The first-order valence-corrected chi connectivity index (χ1v) is 3.10. The third-order valence-electron chi connectivity index (χ3n) is 0.674. The Labute approximate surface area is 56.4 Å². The van der Waals surface area contributed by atoms with E-state index in [0.717, 1.165) is 0 Å². The van der Waals surface area contributed by atoms with Crippen LogP contribution in [-0.4, -0.2) is 10.5 Å². The molecular weight excluding hydrogens is 172 g/mol. The van der Waals surface area contributed by atoms with Gasteiger partial charge in [0.2, 0.25) is 0 Å². The SMILES string of the molecule is CC(=O)CCC(=O)Br. The van der Waals surface area contributed by atoms with Crippen LogP contribution in [0.15, 0.2) is 0 Å². The minimum absolute atomic E-state index is 0.0535. The minimum Gasteiger partial charge on any atom is -0.300 e. The summed E-state index contributed by atoms with van der Waals surface area (Å²) >= 11 is 2.71. The fraction of sp³-hybridized carbons (Fsp3) is 0.600. The second-order valence-electron chi connectivity index (χ2n) is 1.56. The summed E-state index contributed by atoms with van der Waals surface area (Å²) in [6, 6.07) is 0. The Morgan fingerprint density at radius 3 is 2.00 bits per heavy atom. The van der Waals surface area contributed by atoms with E-state index < -0.39 is 0 Å². The van der Waals surface area contributed by atoms with Crippen LogP contribution in [0.3, 0.4) is 0 Å². The molecule has 0 rings (SSSR count). The molecule has 0 spiro atoms. The van der Waals surface area contributed by atoms with Gasteiger partial charge in [-0.1, -0.05) is 0 Å². The van der Waals surface area contributed by atoms with Gasteiger partial charge in [-0.15, -0.1) is 0 Å². The predicted molar refractivity (Wildman–Crippen MR) is 33.8 cm³/mol. The number of hydrogen-bond donors (Lipinski definition) is 0. The monoisotopic (exact) mass is 178 g/mol. The maximum Gasteiger partial charge on any atom is 0.198 e. The van der Waals surface area contributed by atoms with Crippen LogP contribution in [0.25, 0.3) is 0 Å². The van der Waals surface area contributed by atoms with Crippen molar-refractivity contribution in [1.82, 2.24) is 0 Å². The van der Waals surface area contributed by atoms with E-state index in [1.807, 2.05) is 0 Å². The van der Waals surface area contributed by atoms with Crippen molar-refractivity contribution in [2.45, 2.75) is 19.8 Å². The lowest BCUT2D eigenvalue weighted by atomic mass is 10.2. The lowest BCUT2D eigenvalue weighted by molar-refractivity contribution is -0.119. The van der Waals surface area contributed by atoms with E-state index in [4.69, 9.17) is 0 Å². The smallest absolute Gasteiger partial charge is 0.198 e. The van der Waals surface area contributed by atoms with Gasteiger partial charge in [0.1, 0.15) is 5.78 Å². The molecule has 0 aliphatic heterocycles. The highest BCUT2D eigenvalue weighted by atomic mass is 79.9. The Morgan fingerprint density at radius 1 is 1.38 bits per heavy atom. The molecule has 0 bridgehead atoms. The molecule has 46 valence electrons. The first-order chi connectivity index (χ1) is 3.63. The van der Waals surface area contributed by atoms with Crippen molar-refractivity contribution in [2.75, 3.05) is 0 Å². The molecule has 0 unspecified atom stereocenters. The van der Waals surface area contributed by atoms with Gasteiger partial charge in [-0.25, -0.2) is 0 Å². The van der Waals surface area contributed by atoms with E-state index in [9.17, 15) is 9.59 Å². The predicted octanol–water partition coefficient (Wildman–Crippen LogP) is 1.28. The number of hydrogen-bond acceptors (Lipinski definition) is 2. The summed E-state index contributed by atoms with van der Waals surface area (Å²) in [5.74, 6) is 0.0535. The van der Waals surface area contributed by atoms with Crippen molar-refractivity contribution in [1.29, 1.82) is 0 Å². The molecule has 2 nitrogen and oxygen atoms in total. The molecule has 0 atom stereocenters. The third-order valence-corrected chi connectivity index (χ3v) is 1.07. The second-order valence-corrected chi connectivity index (χ2v) is 2.44. The number of carbonyl (C=O) groups is 2. The zero-order valence-electron chi connectivity index (χ0n) is 4.61. The largest absolute Gasteiger partial charge is 0.300 e. The van der Waals surface area contributed by atoms with Crippen molar-refractivity contribution in [3.8, 4) is 0 Å². The van der Waals surface area contributed by atoms with Crippen LogP contribution in [0.1, 0.15) is 19.8 Å². The van der Waals surface area contributed by atoms with Gasteiger partial charge in [-0.3, -0.25) is 4.79 Å². The van der Waals surface area contributed by atoms with Crippen LogP contribution >= 0.6 is 15.9 Å². The lowest BCUT2D eigenvalue weighted by Crippen LogP contribution is -1.92. The zero-order valence-corrected chi connectivity index (χ0v) is 6.19. The van der Waals surface area contributed by atoms with Gasteiger partial charge in [0.15, 0.2) is 4.69 Å². The highest BCUT2D eigenvalue weighted by Gasteiger charge is 1.96. The van der Waals surface area contributed by atoms with Gasteiger partial charge in [-0.05, 0) is 22.9 Å². The number of carbonyl (C=O) groups excluding carboxylic acids is 2. The molecule has 0 N–H and O–H groups in total. The number of Topliss-reactive ketones (excluding diaryl/α,β-unsaturated/α-hetero) is 1. The highest BCUT2D eigenvalue weighted by Crippen LogP contribution is 1.96. The van der Waals surface area contributed by atoms with Crippen molar-refractivity contribution < 1.29 is 9.59 Å². The Hall–Kier alpha value is -0.180. The van der Waals surface area contributed by atoms with Gasteiger partial charge in [0.05, 0.1) is 0 Å². The van der Waals surface area contributed by atoms with Gasteiger partial charge in [0, 0.05) is 12.8 Å². The summed E-state index contributed by atoms with van der Waals surface area (Å²) in [5, 5.41) is 0. The molecule has 3 heteroatoms. The molecular formula is C5H7BrO2. The fourth-order valence-electron chi connectivity index (χ4n) is 0.274. The van der Waals surface area contributed by atoms with E-state index in [0.29, 0.717) is 12.8 Å². The van der Waals surface area contributed by atoms with Crippen LogP contribution < -0.4 is 0 Å². The molecule has 0 aliphatic rings. The summed E-state index contributed by atoms with van der Waals surface area (Å²) in [4.78, 5) is 20.3. The zero-order chi connectivity index (χ0) is 6.57.